The van der Waals surface area contributed by atoms with Gasteiger partial charge in [-0.3, -0.25) is 9.20 Å². The average molecular weight is 376 g/mol. The molecule has 3 heterocycles. The van der Waals surface area contributed by atoms with Crippen LogP contribution in [0, 0.1) is 0 Å². The zero-order chi connectivity index (χ0) is 17.2. The fourth-order valence-electron chi connectivity index (χ4n) is 2.53. The van der Waals surface area contributed by atoms with Gasteiger partial charge in [-0.15, -0.1) is 11.3 Å². The number of carbonyl (C=O) groups excluding carboxylic acids is 1. The zero-order valence-electron chi connectivity index (χ0n) is 13.1. The van der Waals surface area contributed by atoms with E-state index in [4.69, 9.17) is 21.1 Å². The van der Waals surface area contributed by atoms with Crippen molar-refractivity contribution in [1.82, 2.24) is 14.7 Å². The highest BCUT2D eigenvalue weighted by Crippen LogP contribution is 2.30. The van der Waals surface area contributed by atoms with Crippen molar-refractivity contribution in [3.05, 3.63) is 52.3 Å². The van der Waals surface area contributed by atoms with Gasteiger partial charge >= 0.3 is 0 Å². The number of fused-ring (bicyclic) bond motifs is 2. The van der Waals surface area contributed by atoms with Crippen molar-refractivity contribution >= 4 is 39.9 Å². The van der Waals surface area contributed by atoms with E-state index in [1.165, 1.54) is 17.4 Å². The first-order chi connectivity index (χ1) is 12.2. The maximum absolute atomic E-state index is 12.1. The minimum absolute atomic E-state index is 0.212. The Morgan fingerprint density at radius 2 is 2.20 bits per heavy atom. The van der Waals surface area contributed by atoms with Crippen molar-refractivity contribution in [2.24, 2.45) is 0 Å². The van der Waals surface area contributed by atoms with E-state index in [1.807, 2.05) is 34.2 Å². The third-order valence-corrected chi connectivity index (χ3v) is 4.75. The molecule has 0 fully saturated rings. The minimum Gasteiger partial charge on any atom is -0.486 e. The van der Waals surface area contributed by atoms with Gasteiger partial charge in [0.15, 0.2) is 21.6 Å². The molecular weight excluding hydrogens is 362 g/mol. The van der Waals surface area contributed by atoms with Crippen LogP contribution >= 0.6 is 22.9 Å². The van der Waals surface area contributed by atoms with Crippen molar-refractivity contribution < 1.29 is 14.3 Å². The van der Waals surface area contributed by atoms with Gasteiger partial charge in [0.1, 0.15) is 13.2 Å². The molecule has 0 saturated heterocycles. The SMILES string of the molecule is O=C(/C=C/c1c(Cl)nc2sccn12)NCc1ccc2c(c1)OCCO2. The van der Waals surface area contributed by atoms with E-state index in [2.05, 4.69) is 10.3 Å². The van der Waals surface area contributed by atoms with Crippen LogP contribution in [-0.4, -0.2) is 28.5 Å². The lowest BCUT2D eigenvalue weighted by atomic mass is 10.2. The molecule has 0 bridgehead atoms. The predicted octanol–water partition coefficient (Wildman–Crippen LogP) is 3.15. The number of carbonyl (C=O) groups is 1. The fraction of sp³-hybridized carbons (Fsp3) is 0.176. The molecule has 1 aliphatic heterocycles. The number of amides is 1. The van der Waals surface area contributed by atoms with E-state index in [-0.39, 0.29) is 5.91 Å². The highest BCUT2D eigenvalue weighted by atomic mass is 35.5. The maximum Gasteiger partial charge on any atom is 0.244 e. The Morgan fingerprint density at radius 1 is 1.36 bits per heavy atom. The molecule has 0 saturated carbocycles. The van der Waals surface area contributed by atoms with Crippen LogP contribution in [0.1, 0.15) is 11.3 Å². The Hall–Kier alpha value is -2.51. The molecule has 0 radical (unpaired) electrons. The van der Waals surface area contributed by atoms with Crippen LogP contribution in [0.5, 0.6) is 11.5 Å². The number of imidazole rings is 1. The van der Waals surface area contributed by atoms with Gasteiger partial charge in [-0.05, 0) is 23.8 Å². The number of aromatic nitrogens is 2. The molecule has 3 aromatic rings. The van der Waals surface area contributed by atoms with Crippen LogP contribution in [-0.2, 0) is 11.3 Å². The van der Waals surface area contributed by atoms with Crippen LogP contribution in [0.4, 0.5) is 0 Å². The van der Waals surface area contributed by atoms with E-state index < -0.39 is 0 Å². The van der Waals surface area contributed by atoms with Gasteiger partial charge in [0.2, 0.25) is 5.91 Å². The van der Waals surface area contributed by atoms with Gasteiger partial charge in [-0.1, -0.05) is 17.7 Å². The zero-order valence-corrected chi connectivity index (χ0v) is 14.6. The number of nitrogens with zero attached hydrogens (tertiary/aromatic N) is 2. The lowest BCUT2D eigenvalue weighted by Gasteiger charge is -2.18. The topological polar surface area (TPSA) is 64.9 Å². The standard InChI is InChI=1S/C17H14ClN3O3S/c18-16-12(21-5-8-25-17(21)20-16)2-4-15(22)19-10-11-1-3-13-14(9-11)24-7-6-23-13/h1-5,8-9H,6-7,10H2,(H,19,22)/b4-2+. The smallest absolute Gasteiger partial charge is 0.244 e. The molecule has 1 N–H and O–H groups in total. The van der Waals surface area contributed by atoms with Crippen molar-refractivity contribution in [1.29, 1.82) is 0 Å². The summed E-state index contributed by atoms with van der Waals surface area (Å²) in [5.74, 6) is 1.23. The van der Waals surface area contributed by atoms with Gasteiger partial charge in [-0.25, -0.2) is 4.98 Å². The summed E-state index contributed by atoms with van der Waals surface area (Å²) in [6, 6.07) is 5.63. The second kappa shape index (κ2) is 6.78. The highest BCUT2D eigenvalue weighted by Gasteiger charge is 2.12. The molecule has 0 unspecified atom stereocenters. The van der Waals surface area contributed by atoms with Crippen LogP contribution in [0.3, 0.4) is 0 Å². The summed E-state index contributed by atoms with van der Waals surface area (Å²) >= 11 is 7.59. The number of nitrogens with one attached hydrogen (secondary N) is 1. The van der Waals surface area contributed by atoms with Crippen LogP contribution in [0.15, 0.2) is 35.9 Å². The summed E-state index contributed by atoms with van der Waals surface area (Å²) in [5.41, 5.74) is 1.63. The average Bonchev–Trinajstić information content (AvgIpc) is 3.18. The van der Waals surface area contributed by atoms with Crippen molar-refractivity contribution in [2.75, 3.05) is 13.2 Å². The lowest BCUT2D eigenvalue weighted by Crippen LogP contribution is -2.21. The molecule has 4 rings (SSSR count). The molecule has 2 aromatic heterocycles. The Labute approximate surface area is 152 Å². The first kappa shape index (κ1) is 16.0. The van der Waals surface area contributed by atoms with E-state index in [0.717, 1.165) is 16.3 Å². The first-order valence-corrected chi connectivity index (χ1v) is 8.92. The van der Waals surface area contributed by atoms with Gasteiger partial charge in [0.05, 0.1) is 5.69 Å². The molecule has 1 amide bonds. The molecule has 1 aromatic carbocycles. The molecule has 1 aliphatic rings. The van der Waals surface area contributed by atoms with Gasteiger partial charge < -0.3 is 14.8 Å². The fourth-order valence-corrected chi connectivity index (χ4v) is 3.53. The van der Waals surface area contributed by atoms with Crippen molar-refractivity contribution in [3.63, 3.8) is 0 Å². The van der Waals surface area contributed by atoms with Gasteiger partial charge in [-0.2, -0.15) is 0 Å². The number of thiazole rings is 1. The van der Waals surface area contributed by atoms with E-state index in [0.29, 0.717) is 36.4 Å². The third kappa shape index (κ3) is 3.33. The highest BCUT2D eigenvalue weighted by molar-refractivity contribution is 7.15. The van der Waals surface area contributed by atoms with Gasteiger partial charge in [0, 0.05) is 24.2 Å². The normalized spacial score (nSPS) is 13.5. The maximum atomic E-state index is 12.1. The summed E-state index contributed by atoms with van der Waals surface area (Å²) in [5, 5.41) is 5.13. The van der Waals surface area contributed by atoms with E-state index in [1.54, 1.807) is 6.08 Å². The van der Waals surface area contributed by atoms with Crippen LogP contribution < -0.4 is 14.8 Å². The second-order valence-electron chi connectivity index (χ2n) is 5.37. The first-order valence-electron chi connectivity index (χ1n) is 7.66. The Bertz CT molecular complexity index is 963. The van der Waals surface area contributed by atoms with Crippen molar-refractivity contribution in [2.45, 2.75) is 6.54 Å². The number of rotatable bonds is 4. The minimum atomic E-state index is -0.212. The molecule has 0 atom stereocenters. The van der Waals surface area contributed by atoms with Crippen LogP contribution in [0.25, 0.3) is 11.0 Å². The summed E-state index contributed by atoms with van der Waals surface area (Å²) in [4.78, 5) is 17.1. The number of halogens is 1. The number of hydrogen-bond donors (Lipinski definition) is 1. The van der Waals surface area contributed by atoms with E-state index in [9.17, 15) is 4.79 Å². The molecule has 8 heteroatoms. The van der Waals surface area contributed by atoms with Gasteiger partial charge in [0.25, 0.3) is 0 Å². The third-order valence-electron chi connectivity index (χ3n) is 3.72. The molecule has 0 spiro atoms. The molecule has 6 nitrogen and oxygen atoms in total. The molecule has 0 aliphatic carbocycles. The molecular formula is C17H14ClN3O3S. The summed E-state index contributed by atoms with van der Waals surface area (Å²) < 4.78 is 12.9. The summed E-state index contributed by atoms with van der Waals surface area (Å²) in [7, 11) is 0. The Morgan fingerprint density at radius 3 is 3.08 bits per heavy atom. The van der Waals surface area contributed by atoms with Crippen molar-refractivity contribution in [3.8, 4) is 11.5 Å². The second-order valence-corrected chi connectivity index (χ2v) is 6.60. The molecule has 128 valence electrons. The number of benzene rings is 1. The molecule has 25 heavy (non-hydrogen) atoms. The van der Waals surface area contributed by atoms with E-state index >= 15 is 0 Å². The number of ether oxygens (including phenoxy) is 2. The quantitative estimate of drug-likeness (QED) is 0.711. The largest absolute Gasteiger partial charge is 0.486 e. The Balaban J connectivity index is 1.41. The summed E-state index contributed by atoms with van der Waals surface area (Å²) in [6.45, 7) is 1.49. The number of hydrogen-bond acceptors (Lipinski definition) is 5. The monoisotopic (exact) mass is 375 g/mol. The predicted molar refractivity (Wildman–Crippen MR) is 96.4 cm³/mol. The lowest BCUT2D eigenvalue weighted by molar-refractivity contribution is -0.116. The Kier molecular flexibility index (Phi) is 4.33. The summed E-state index contributed by atoms with van der Waals surface area (Å²) in [6.07, 6.45) is 4.98. The van der Waals surface area contributed by atoms with Crippen LogP contribution in [0.2, 0.25) is 5.15 Å².